The molecule has 2 aromatic rings. The third-order valence-corrected chi connectivity index (χ3v) is 5.61. The smallest absolute Gasteiger partial charge is 0.126 e. The van der Waals surface area contributed by atoms with E-state index in [1.165, 1.54) is 12.5 Å². The van der Waals surface area contributed by atoms with Crippen LogP contribution >= 0.6 is 0 Å². The highest BCUT2D eigenvalue weighted by Crippen LogP contribution is 2.30. The highest BCUT2D eigenvalue weighted by Gasteiger charge is 2.30. The molecule has 2 saturated heterocycles. The van der Waals surface area contributed by atoms with Gasteiger partial charge in [0, 0.05) is 31.4 Å². The zero-order valence-electron chi connectivity index (χ0n) is 15.2. The Bertz CT molecular complexity index is 769. The predicted octanol–water partition coefficient (Wildman–Crippen LogP) is 3.12. The van der Waals surface area contributed by atoms with Crippen LogP contribution in [0.25, 0.3) is 11.3 Å². The topological polar surface area (TPSA) is 33.1 Å². The number of hydrogen-bond donors (Lipinski definition) is 1. The van der Waals surface area contributed by atoms with E-state index in [1.54, 1.807) is 13.0 Å². The quantitative estimate of drug-likeness (QED) is 0.889. The van der Waals surface area contributed by atoms with Gasteiger partial charge in [-0.25, -0.2) is 13.8 Å². The molecule has 140 valence electrons. The lowest BCUT2D eigenvalue weighted by molar-refractivity contribution is 0.171. The highest BCUT2D eigenvalue weighted by molar-refractivity contribution is 5.60. The van der Waals surface area contributed by atoms with Gasteiger partial charge >= 0.3 is 0 Å². The average Bonchev–Trinajstić information content (AvgIpc) is 3.00. The van der Waals surface area contributed by atoms with Gasteiger partial charge in [-0.15, -0.1) is 0 Å². The Balaban J connectivity index is 1.64. The molecule has 1 aromatic carbocycles. The van der Waals surface area contributed by atoms with Crippen molar-refractivity contribution < 1.29 is 8.78 Å². The summed E-state index contributed by atoms with van der Waals surface area (Å²) in [6.07, 6.45) is 3.11. The Morgan fingerprint density at radius 3 is 2.81 bits per heavy atom. The molecule has 0 amide bonds. The molecule has 1 aromatic heterocycles. The number of nitrogens with one attached hydrogen (secondary N) is 1. The summed E-state index contributed by atoms with van der Waals surface area (Å²) < 4.78 is 30.3. The summed E-state index contributed by atoms with van der Waals surface area (Å²) in [6, 6.07) is 5.05. The van der Waals surface area contributed by atoms with Crippen molar-refractivity contribution in [1.29, 1.82) is 0 Å². The minimum absolute atomic E-state index is 0.178. The first-order chi connectivity index (χ1) is 12.6. The van der Waals surface area contributed by atoms with Gasteiger partial charge in [0.05, 0.1) is 11.6 Å². The Morgan fingerprint density at radius 2 is 2.12 bits per heavy atom. The van der Waals surface area contributed by atoms with Gasteiger partial charge in [0.2, 0.25) is 0 Å². The third kappa shape index (κ3) is 3.53. The summed E-state index contributed by atoms with van der Waals surface area (Å²) in [5, 5.41) is 3.11. The van der Waals surface area contributed by atoms with Gasteiger partial charge in [0.1, 0.15) is 17.8 Å². The maximum absolute atomic E-state index is 14.5. The van der Waals surface area contributed by atoms with Gasteiger partial charge in [0.25, 0.3) is 0 Å². The molecule has 4 rings (SSSR count). The predicted molar refractivity (Wildman–Crippen MR) is 98.5 cm³/mol. The Kier molecular flexibility index (Phi) is 5.05. The van der Waals surface area contributed by atoms with E-state index in [2.05, 4.69) is 14.8 Å². The molecule has 4 nitrogen and oxygen atoms in total. The van der Waals surface area contributed by atoms with E-state index in [0.717, 1.165) is 56.2 Å². The lowest BCUT2D eigenvalue weighted by atomic mass is 9.95. The molecular formula is C20H26F2N4. The number of imidazole rings is 1. The van der Waals surface area contributed by atoms with E-state index < -0.39 is 6.17 Å². The molecule has 2 aliphatic rings. The zero-order chi connectivity index (χ0) is 18.1. The molecule has 0 bridgehead atoms. The molecule has 0 saturated carbocycles. The monoisotopic (exact) mass is 360 g/mol. The van der Waals surface area contributed by atoms with Crippen molar-refractivity contribution in [3.8, 4) is 11.3 Å². The molecule has 0 aliphatic carbocycles. The molecule has 1 N–H and O–H groups in total. The zero-order valence-corrected chi connectivity index (χ0v) is 15.2. The number of benzene rings is 1. The van der Waals surface area contributed by atoms with Gasteiger partial charge in [-0.1, -0.05) is 0 Å². The van der Waals surface area contributed by atoms with Crippen molar-refractivity contribution in [2.75, 3.05) is 32.7 Å². The number of aromatic nitrogens is 2. The van der Waals surface area contributed by atoms with Crippen LogP contribution in [0.4, 0.5) is 8.78 Å². The summed E-state index contributed by atoms with van der Waals surface area (Å²) in [5.74, 6) is 0.438. The fourth-order valence-electron chi connectivity index (χ4n) is 3.81. The number of alkyl halides is 1. The Labute approximate surface area is 153 Å². The first kappa shape index (κ1) is 17.6. The minimum atomic E-state index is -0.920. The molecule has 0 spiro atoms. The summed E-state index contributed by atoms with van der Waals surface area (Å²) >= 11 is 0. The fraction of sp³-hybridized carbons (Fsp3) is 0.550. The normalized spacial score (nSPS) is 23.8. The number of hydrogen-bond acceptors (Lipinski definition) is 3. The van der Waals surface area contributed by atoms with E-state index in [1.807, 2.05) is 12.3 Å². The van der Waals surface area contributed by atoms with Crippen LogP contribution in [0.3, 0.4) is 0 Å². The van der Waals surface area contributed by atoms with Gasteiger partial charge in [0.15, 0.2) is 0 Å². The maximum Gasteiger partial charge on any atom is 0.126 e. The number of nitrogens with zero attached hydrogens (tertiary/aromatic N) is 3. The van der Waals surface area contributed by atoms with Gasteiger partial charge in [-0.05, 0) is 63.2 Å². The van der Waals surface area contributed by atoms with Crippen molar-refractivity contribution in [1.82, 2.24) is 19.8 Å². The van der Waals surface area contributed by atoms with Crippen molar-refractivity contribution in [3.05, 3.63) is 41.6 Å². The summed E-state index contributed by atoms with van der Waals surface area (Å²) in [4.78, 5) is 7.20. The maximum atomic E-state index is 14.5. The number of rotatable bonds is 5. The van der Waals surface area contributed by atoms with E-state index in [-0.39, 0.29) is 11.7 Å². The summed E-state index contributed by atoms with van der Waals surface area (Å²) in [6.45, 7) is 7.03. The second-order valence-electron chi connectivity index (χ2n) is 7.45. The van der Waals surface area contributed by atoms with Crippen molar-refractivity contribution in [3.63, 3.8) is 0 Å². The van der Waals surface area contributed by atoms with Crippen LogP contribution in [0.15, 0.2) is 24.4 Å². The second-order valence-corrected chi connectivity index (χ2v) is 7.45. The van der Waals surface area contributed by atoms with Crippen LogP contribution in [0.1, 0.15) is 30.1 Å². The molecule has 6 heteroatoms. The van der Waals surface area contributed by atoms with E-state index in [9.17, 15) is 8.78 Å². The van der Waals surface area contributed by atoms with Gasteiger partial charge in [-0.3, -0.25) is 0 Å². The summed E-state index contributed by atoms with van der Waals surface area (Å²) in [5.41, 5.74) is 2.29. The number of halogens is 2. The Morgan fingerprint density at radius 1 is 1.27 bits per heavy atom. The molecule has 2 atom stereocenters. The van der Waals surface area contributed by atoms with Crippen LogP contribution in [-0.2, 0) is 6.54 Å². The fourth-order valence-corrected chi connectivity index (χ4v) is 3.81. The first-order valence-corrected chi connectivity index (χ1v) is 9.52. The molecule has 0 radical (unpaired) electrons. The number of piperidine rings is 1. The van der Waals surface area contributed by atoms with Crippen LogP contribution < -0.4 is 5.32 Å². The lowest BCUT2D eigenvalue weighted by Crippen LogP contribution is -2.40. The lowest BCUT2D eigenvalue weighted by Gasteiger charge is -2.31. The van der Waals surface area contributed by atoms with Gasteiger partial charge < -0.3 is 14.8 Å². The minimum Gasteiger partial charge on any atom is -0.333 e. The van der Waals surface area contributed by atoms with Gasteiger partial charge in [-0.2, -0.15) is 0 Å². The average molecular weight is 360 g/mol. The molecule has 2 unspecified atom stereocenters. The molecule has 2 fully saturated rings. The van der Waals surface area contributed by atoms with E-state index in [4.69, 9.17) is 4.98 Å². The van der Waals surface area contributed by atoms with Crippen molar-refractivity contribution >= 4 is 0 Å². The molecule has 26 heavy (non-hydrogen) atoms. The number of likely N-dealkylation sites (tertiary alicyclic amines) is 1. The summed E-state index contributed by atoms with van der Waals surface area (Å²) in [7, 11) is 0. The standard InChI is InChI=1S/C20H26F2N4/c1-14-11-15(3-4-17(14)21)19-13-26(10-9-25-7-2-8-25)20(24-19)16-5-6-23-12-18(16)22/h3-4,11,13,16,18,23H,2,5-10,12H2,1H3. The molecule has 3 heterocycles. The first-order valence-electron chi connectivity index (χ1n) is 9.52. The second kappa shape index (κ2) is 7.45. The third-order valence-electron chi connectivity index (χ3n) is 5.61. The van der Waals surface area contributed by atoms with Crippen LogP contribution in [0.5, 0.6) is 0 Å². The highest BCUT2D eigenvalue weighted by atomic mass is 19.1. The molecule has 2 aliphatic heterocycles. The number of aryl methyl sites for hydroxylation is 1. The van der Waals surface area contributed by atoms with Crippen molar-refractivity contribution in [2.45, 2.75) is 38.4 Å². The SMILES string of the molecule is Cc1cc(-c2cn(CCN3CCC3)c(C3CCNCC3F)n2)ccc1F. The largest absolute Gasteiger partial charge is 0.333 e. The van der Waals surface area contributed by atoms with Crippen molar-refractivity contribution in [2.24, 2.45) is 0 Å². The van der Waals surface area contributed by atoms with Crippen LogP contribution in [-0.4, -0.2) is 53.3 Å². The molecular weight excluding hydrogens is 334 g/mol. The Hall–Kier alpha value is -1.79. The van der Waals surface area contributed by atoms with E-state index >= 15 is 0 Å². The van der Waals surface area contributed by atoms with Crippen LogP contribution in [0, 0.1) is 12.7 Å². The van der Waals surface area contributed by atoms with E-state index in [0.29, 0.717) is 12.1 Å². The van der Waals surface area contributed by atoms with Crippen LogP contribution in [0.2, 0.25) is 0 Å².